The van der Waals surface area contributed by atoms with Crippen molar-refractivity contribution >= 4 is 17.6 Å². The lowest BCUT2D eigenvalue weighted by molar-refractivity contribution is -0.119. The lowest BCUT2D eigenvalue weighted by Gasteiger charge is -2.22. The molecular formula is C15H19NO4. The molecule has 5 nitrogen and oxygen atoms in total. The summed E-state index contributed by atoms with van der Waals surface area (Å²) in [6.45, 7) is 3.95. The zero-order valence-corrected chi connectivity index (χ0v) is 12.2. The van der Waals surface area contributed by atoms with Crippen LogP contribution in [0.25, 0.3) is 0 Å². The summed E-state index contributed by atoms with van der Waals surface area (Å²) in [4.78, 5) is 25.6. The predicted octanol–water partition coefficient (Wildman–Crippen LogP) is 2.24. The fraction of sp³-hybridized carbons (Fsp3) is 0.467. The molecule has 1 aliphatic rings. The van der Waals surface area contributed by atoms with Gasteiger partial charge in [0.05, 0.1) is 14.2 Å². The molecule has 1 aliphatic heterocycles. The van der Waals surface area contributed by atoms with Crippen LogP contribution in [0.1, 0.15) is 30.6 Å². The van der Waals surface area contributed by atoms with Crippen molar-refractivity contribution in [3.63, 3.8) is 0 Å². The van der Waals surface area contributed by atoms with Crippen molar-refractivity contribution in [2.24, 2.45) is 5.92 Å². The molecule has 0 saturated carbocycles. The summed E-state index contributed by atoms with van der Waals surface area (Å²) >= 11 is 0. The Hall–Kier alpha value is -2.04. The average molecular weight is 277 g/mol. The first-order valence-corrected chi connectivity index (χ1v) is 6.59. The second-order valence-electron chi connectivity index (χ2n) is 5.07. The Balaban J connectivity index is 2.40. The number of methoxy groups -OCH3 is 2. The van der Waals surface area contributed by atoms with Crippen LogP contribution in [0.3, 0.4) is 0 Å². The van der Waals surface area contributed by atoms with Gasteiger partial charge in [0.2, 0.25) is 5.91 Å². The van der Waals surface area contributed by atoms with E-state index in [0.29, 0.717) is 11.3 Å². The molecule has 0 aromatic heterocycles. The van der Waals surface area contributed by atoms with E-state index in [2.05, 4.69) is 0 Å². The van der Waals surface area contributed by atoms with Gasteiger partial charge in [0.25, 0.3) is 0 Å². The van der Waals surface area contributed by atoms with Crippen molar-refractivity contribution in [1.29, 1.82) is 0 Å². The number of benzene rings is 1. The summed E-state index contributed by atoms with van der Waals surface area (Å²) in [6.07, 6.45) is 0.833. The maximum Gasteiger partial charge on any atom is 0.341 e. The van der Waals surface area contributed by atoms with Crippen molar-refractivity contribution in [2.75, 3.05) is 19.1 Å². The van der Waals surface area contributed by atoms with E-state index >= 15 is 0 Å². The number of hydrogen-bond acceptors (Lipinski definition) is 4. The highest BCUT2D eigenvalue weighted by atomic mass is 16.5. The smallest absolute Gasteiger partial charge is 0.341 e. The molecule has 1 heterocycles. The fourth-order valence-corrected chi connectivity index (χ4v) is 2.66. The quantitative estimate of drug-likeness (QED) is 0.795. The van der Waals surface area contributed by atoms with Gasteiger partial charge in [-0.15, -0.1) is 0 Å². The molecule has 2 atom stereocenters. The Bertz CT molecular complexity index is 541. The molecule has 2 rings (SSSR count). The lowest BCUT2D eigenvalue weighted by Crippen LogP contribution is -2.31. The molecule has 1 aromatic rings. The van der Waals surface area contributed by atoms with E-state index in [1.807, 2.05) is 13.8 Å². The Kier molecular flexibility index (Phi) is 3.97. The Morgan fingerprint density at radius 3 is 2.50 bits per heavy atom. The zero-order valence-electron chi connectivity index (χ0n) is 12.2. The fourth-order valence-electron chi connectivity index (χ4n) is 2.66. The molecule has 0 unspecified atom stereocenters. The van der Waals surface area contributed by atoms with Gasteiger partial charge in [-0.25, -0.2) is 4.79 Å². The number of rotatable bonds is 3. The summed E-state index contributed by atoms with van der Waals surface area (Å²) in [5.74, 6) is 0.0816. The highest BCUT2D eigenvalue weighted by Gasteiger charge is 2.35. The molecule has 5 heteroatoms. The molecule has 0 aliphatic carbocycles. The third-order valence-corrected chi connectivity index (χ3v) is 3.66. The summed E-state index contributed by atoms with van der Waals surface area (Å²) in [6, 6.07) is 5.23. The van der Waals surface area contributed by atoms with Crippen LogP contribution in [0.4, 0.5) is 5.69 Å². The topological polar surface area (TPSA) is 55.8 Å². The van der Waals surface area contributed by atoms with Gasteiger partial charge in [-0.1, -0.05) is 6.92 Å². The van der Waals surface area contributed by atoms with Crippen LogP contribution in [0, 0.1) is 5.92 Å². The number of nitrogens with zero attached hydrogens (tertiary/aromatic N) is 1. The van der Waals surface area contributed by atoms with Gasteiger partial charge < -0.3 is 14.4 Å². The van der Waals surface area contributed by atoms with E-state index in [1.54, 1.807) is 23.1 Å². The van der Waals surface area contributed by atoms with Crippen molar-refractivity contribution in [1.82, 2.24) is 0 Å². The van der Waals surface area contributed by atoms with Crippen LogP contribution in [0.2, 0.25) is 0 Å². The van der Waals surface area contributed by atoms with Crippen molar-refractivity contribution in [3.05, 3.63) is 23.8 Å². The predicted molar refractivity (Wildman–Crippen MR) is 75.1 cm³/mol. The van der Waals surface area contributed by atoms with Gasteiger partial charge in [-0.3, -0.25) is 4.79 Å². The molecule has 1 saturated heterocycles. The van der Waals surface area contributed by atoms with Crippen molar-refractivity contribution in [3.8, 4) is 5.75 Å². The third-order valence-electron chi connectivity index (χ3n) is 3.66. The summed E-state index contributed by atoms with van der Waals surface area (Å²) in [7, 11) is 2.81. The Labute approximate surface area is 118 Å². The SMILES string of the molecule is COC(=O)c1ccc(N2C(=O)[C@H](C)C[C@@H]2C)cc1OC. The van der Waals surface area contributed by atoms with E-state index in [-0.39, 0.29) is 17.9 Å². The molecule has 0 spiro atoms. The minimum Gasteiger partial charge on any atom is -0.496 e. The molecule has 0 bridgehead atoms. The lowest BCUT2D eigenvalue weighted by atomic mass is 10.1. The summed E-state index contributed by atoms with van der Waals surface area (Å²) in [5.41, 5.74) is 1.10. The van der Waals surface area contributed by atoms with E-state index in [4.69, 9.17) is 9.47 Å². The molecule has 0 radical (unpaired) electrons. The molecular weight excluding hydrogens is 258 g/mol. The van der Waals surface area contributed by atoms with Crippen LogP contribution < -0.4 is 9.64 Å². The van der Waals surface area contributed by atoms with Gasteiger partial charge >= 0.3 is 5.97 Å². The first-order valence-electron chi connectivity index (χ1n) is 6.59. The van der Waals surface area contributed by atoms with Gasteiger partial charge in [-0.05, 0) is 25.5 Å². The van der Waals surface area contributed by atoms with Gasteiger partial charge in [0.1, 0.15) is 11.3 Å². The van der Waals surface area contributed by atoms with Gasteiger partial charge in [-0.2, -0.15) is 0 Å². The molecule has 1 fully saturated rings. The number of hydrogen-bond donors (Lipinski definition) is 0. The summed E-state index contributed by atoms with van der Waals surface area (Å²) in [5, 5.41) is 0. The monoisotopic (exact) mass is 277 g/mol. The zero-order chi connectivity index (χ0) is 14.9. The van der Waals surface area contributed by atoms with Crippen LogP contribution in [0.5, 0.6) is 5.75 Å². The van der Waals surface area contributed by atoms with Crippen molar-refractivity contribution in [2.45, 2.75) is 26.3 Å². The number of anilines is 1. The second kappa shape index (κ2) is 5.53. The van der Waals surface area contributed by atoms with Crippen molar-refractivity contribution < 1.29 is 19.1 Å². The normalized spacial score (nSPS) is 22.0. The molecule has 108 valence electrons. The number of amides is 1. The minimum atomic E-state index is -0.456. The van der Waals surface area contributed by atoms with E-state index in [0.717, 1.165) is 12.1 Å². The Morgan fingerprint density at radius 1 is 1.30 bits per heavy atom. The molecule has 0 N–H and O–H groups in total. The van der Waals surface area contributed by atoms with E-state index in [9.17, 15) is 9.59 Å². The molecule has 1 amide bonds. The van der Waals surface area contributed by atoms with Crippen LogP contribution in [-0.2, 0) is 9.53 Å². The number of esters is 1. The highest BCUT2D eigenvalue weighted by Crippen LogP contribution is 2.33. The first-order chi connectivity index (χ1) is 9.49. The van der Waals surface area contributed by atoms with E-state index in [1.165, 1.54) is 14.2 Å². The van der Waals surface area contributed by atoms with Crippen LogP contribution in [-0.4, -0.2) is 32.1 Å². The standard InChI is InChI=1S/C15H19NO4/c1-9-7-10(2)16(14(9)17)11-5-6-12(15(18)20-4)13(8-11)19-3/h5-6,8-10H,7H2,1-4H3/t9-,10+/m1/s1. The van der Waals surface area contributed by atoms with Crippen LogP contribution in [0.15, 0.2) is 18.2 Å². The maximum absolute atomic E-state index is 12.2. The summed E-state index contributed by atoms with van der Waals surface area (Å²) < 4.78 is 9.93. The minimum absolute atomic E-state index is 0.0243. The number of carbonyl (C=O) groups excluding carboxylic acids is 2. The van der Waals surface area contributed by atoms with E-state index < -0.39 is 5.97 Å². The van der Waals surface area contributed by atoms with Gasteiger partial charge in [0, 0.05) is 23.7 Å². The Morgan fingerprint density at radius 2 is 2.00 bits per heavy atom. The molecule has 1 aromatic carbocycles. The first kappa shape index (κ1) is 14.4. The maximum atomic E-state index is 12.2. The third kappa shape index (κ3) is 2.35. The number of ether oxygens (including phenoxy) is 2. The number of carbonyl (C=O) groups is 2. The largest absolute Gasteiger partial charge is 0.496 e. The molecule has 20 heavy (non-hydrogen) atoms. The highest BCUT2D eigenvalue weighted by molar-refractivity contribution is 5.99. The average Bonchev–Trinajstić information content (AvgIpc) is 2.70. The van der Waals surface area contributed by atoms with Crippen LogP contribution >= 0.6 is 0 Å². The second-order valence-corrected chi connectivity index (χ2v) is 5.07. The van der Waals surface area contributed by atoms with Gasteiger partial charge in [0.15, 0.2) is 0 Å².